The van der Waals surface area contributed by atoms with Crippen molar-refractivity contribution in [1.82, 2.24) is 14.8 Å². The highest BCUT2D eigenvalue weighted by Gasteiger charge is 2.21. The second-order valence-electron chi connectivity index (χ2n) is 5.36. The van der Waals surface area contributed by atoms with Crippen molar-refractivity contribution in [2.24, 2.45) is 5.92 Å². The zero-order valence-corrected chi connectivity index (χ0v) is 10.8. The van der Waals surface area contributed by atoms with Gasteiger partial charge in [-0.25, -0.2) is 0 Å². The van der Waals surface area contributed by atoms with E-state index in [1.165, 1.54) is 5.56 Å². The van der Waals surface area contributed by atoms with Crippen molar-refractivity contribution in [3.8, 4) is 11.4 Å². The number of rotatable bonds is 2. The van der Waals surface area contributed by atoms with Crippen LogP contribution in [-0.4, -0.2) is 14.8 Å². The molecular formula is C14H18N4. The van der Waals surface area contributed by atoms with Gasteiger partial charge in [-0.2, -0.15) is 0 Å². The van der Waals surface area contributed by atoms with Crippen LogP contribution in [0, 0.1) is 5.92 Å². The number of aromatic nitrogens is 3. The van der Waals surface area contributed by atoms with Crippen LogP contribution in [0.2, 0.25) is 0 Å². The van der Waals surface area contributed by atoms with Crippen LogP contribution in [-0.2, 0) is 19.4 Å². The highest BCUT2D eigenvalue weighted by molar-refractivity contribution is 5.67. The fourth-order valence-electron chi connectivity index (χ4n) is 2.54. The molecule has 1 aromatic carbocycles. The maximum absolute atomic E-state index is 5.87. The molecule has 4 nitrogen and oxygen atoms in total. The number of nitrogen functional groups attached to an aromatic ring is 1. The predicted molar refractivity (Wildman–Crippen MR) is 72.1 cm³/mol. The predicted octanol–water partition coefficient (Wildman–Crippen LogP) is 2.28. The number of hydrogen-bond acceptors (Lipinski definition) is 3. The van der Waals surface area contributed by atoms with Crippen LogP contribution < -0.4 is 5.73 Å². The Balaban J connectivity index is 2.08. The molecule has 18 heavy (non-hydrogen) atoms. The molecule has 1 aliphatic heterocycles. The Morgan fingerprint density at radius 3 is 2.94 bits per heavy atom. The molecule has 2 heterocycles. The minimum Gasteiger partial charge on any atom is -0.399 e. The molecule has 0 saturated carbocycles. The first-order chi connectivity index (χ1) is 8.65. The van der Waals surface area contributed by atoms with E-state index in [4.69, 9.17) is 5.73 Å². The van der Waals surface area contributed by atoms with Gasteiger partial charge in [-0.1, -0.05) is 19.9 Å². The van der Waals surface area contributed by atoms with Gasteiger partial charge in [0, 0.05) is 24.2 Å². The normalized spacial score (nSPS) is 13.5. The van der Waals surface area contributed by atoms with Crippen molar-refractivity contribution < 1.29 is 0 Å². The van der Waals surface area contributed by atoms with Crippen molar-refractivity contribution >= 4 is 5.69 Å². The average Bonchev–Trinajstić information content (AvgIpc) is 2.72. The number of hydrogen-bond donors (Lipinski definition) is 1. The Kier molecular flexibility index (Phi) is 2.58. The maximum Gasteiger partial charge on any atom is 0.164 e. The molecule has 4 heteroatoms. The first-order valence-electron chi connectivity index (χ1n) is 6.46. The summed E-state index contributed by atoms with van der Waals surface area (Å²) in [4.78, 5) is 0. The van der Waals surface area contributed by atoms with Crippen LogP contribution in [0.5, 0.6) is 0 Å². The molecule has 0 spiro atoms. The smallest absolute Gasteiger partial charge is 0.164 e. The molecule has 1 aliphatic rings. The van der Waals surface area contributed by atoms with Gasteiger partial charge in [0.05, 0.1) is 0 Å². The summed E-state index contributed by atoms with van der Waals surface area (Å²) < 4.78 is 2.24. The molecule has 0 saturated heterocycles. The largest absolute Gasteiger partial charge is 0.399 e. The molecular weight excluding hydrogens is 224 g/mol. The molecule has 94 valence electrons. The fourth-order valence-corrected chi connectivity index (χ4v) is 2.54. The Bertz CT molecular complexity index is 583. The first kappa shape index (κ1) is 11.3. The van der Waals surface area contributed by atoms with Gasteiger partial charge in [-0.05, 0) is 30.0 Å². The van der Waals surface area contributed by atoms with E-state index in [1.807, 2.05) is 12.1 Å². The van der Waals surface area contributed by atoms with Gasteiger partial charge in [-0.15, -0.1) is 10.2 Å². The first-order valence-corrected chi connectivity index (χ1v) is 6.46. The number of nitrogens with two attached hydrogens (primary N) is 1. The van der Waals surface area contributed by atoms with Crippen LogP contribution in [0.1, 0.15) is 25.2 Å². The second kappa shape index (κ2) is 4.12. The van der Waals surface area contributed by atoms with Gasteiger partial charge in [0.15, 0.2) is 5.82 Å². The third kappa shape index (κ3) is 1.78. The summed E-state index contributed by atoms with van der Waals surface area (Å²) in [5, 5.41) is 8.69. The minimum absolute atomic E-state index is 0.598. The van der Waals surface area contributed by atoms with E-state index >= 15 is 0 Å². The molecule has 2 N–H and O–H groups in total. The summed E-state index contributed by atoms with van der Waals surface area (Å²) >= 11 is 0. The van der Waals surface area contributed by atoms with E-state index < -0.39 is 0 Å². The third-order valence-corrected chi connectivity index (χ3v) is 3.40. The Hall–Kier alpha value is -1.84. The van der Waals surface area contributed by atoms with Crippen LogP contribution in [0.15, 0.2) is 18.2 Å². The van der Waals surface area contributed by atoms with Crippen molar-refractivity contribution in [2.75, 3.05) is 5.73 Å². The number of fused-ring (bicyclic) bond motifs is 3. The minimum atomic E-state index is 0.598. The lowest BCUT2D eigenvalue weighted by atomic mass is 9.99. The van der Waals surface area contributed by atoms with E-state index in [2.05, 4.69) is 34.7 Å². The summed E-state index contributed by atoms with van der Waals surface area (Å²) in [6.07, 6.45) is 2.01. The zero-order valence-electron chi connectivity index (χ0n) is 10.8. The van der Waals surface area contributed by atoms with Crippen LogP contribution in [0.3, 0.4) is 0 Å². The number of nitrogens with zero attached hydrogens (tertiary/aromatic N) is 3. The van der Waals surface area contributed by atoms with E-state index in [0.717, 1.165) is 42.3 Å². The molecule has 0 amide bonds. The summed E-state index contributed by atoms with van der Waals surface area (Å²) in [6.45, 7) is 5.38. The van der Waals surface area contributed by atoms with E-state index in [1.54, 1.807) is 0 Å². The quantitative estimate of drug-likeness (QED) is 0.822. The second-order valence-corrected chi connectivity index (χ2v) is 5.36. The summed E-state index contributed by atoms with van der Waals surface area (Å²) in [5.74, 6) is 2.66. The fraction of sp³-hybridized carbons (Fsp3) is 0.429. The molecule has 0 radical (unpaired) electrons. The Morgan fingerprint density at radius 2 is 2.17 bits per heavy atom. The van der Waals surface area contributed by atoms with Gasteiger partial charge >= 0.3 is 0 Å². The summed E-state index contributed by atoms with van der Waals surface area (Å²) in [7, 11) is 0. The van der Waals surface area contributed by atoms with Gasteiger partial charge in [0.2, 0.25) is 0 Å². The van der Waals surface area contributed by atoms with Crippen molar-refractivity contribution in [3.05, 3.63) is 29.6 Å². The Labute approximate surface area is 107 Å². The number of aryl methyl sites for hydroxylation is 1. The van der Waals surface area contributed by atoms with Gasteiger partial charge in [0.1, 0.15) is 5.82 Å². The standard InChI is InChI=1S/C14H18N4/c1-9(2)7-13-16-17-14-12-8-11(15)4-3-10(12)5-6-18(13)14/h3-4,8-9H,5-7,15H2,1-2H3. The van der Waals surface area contributed by atoms with Gasteiger partial charge in [-0.3, -0.25) is 0 Å². The summed E-state index contributed by atoms with van der Waals surface area (Å²) in [6, 6.07) is 6.07. The van der Waals surface area contributed by atoms with Crippen molar-refractivity contribution in [3.63, 3.8) is 0 Å². The number of benzene rings is 1. The molecule has 0 bridgehead atoms. The molecule has 0 unspecified atom stereocenters. The van der Waals surface area contributed by atoms with Gasteiger partial charge < -0.3 is 10.3 Å². The molecule has 1 aromatic heterocycles. The zero-order chi connectivity index (χ0) is 12.7. The van der Waals surface area contributed by atoms with Crippen LogP contribution in [0.4, 0.5) is 5.69 Å². The lowest BCUT2D eigenvalue weighted by Crippen LogP contribution is -2.15. The highest BCUT2D eigenvalue weighted by Crippen LogP contribution is 2.30. The monoisotopic (exact) mass is 242 g/mol. The highest BCUT2D eigenvalue weighted by atomic mass is 15.3. The SMILES string of the molecule is CC(C)Cc1nnc2n1CCc1ccc(N)cc1-2. The van der Waals surface area contributed by atoms with Crippen LogP contribution >= 0.6 is 0 Å². The molecule has 0 fully saturated rings. The molecule has 0 aliphatic carbocycles. The van der Waals surface area contributed by atoms with E-state index in [-0.39, 0.29) is 0 Å². The van der Waals surface area contributed by atoms with Crippen molar-refractivity contribution in [1.29, 1.82) is 0 Å². The third-order valence-electron chi connectivity index (χ3n) is 3.40. The molecule has 2 aromatic rings. The topological polar surface area (TPSA) is 56.7 Å². The molecule has 0 atom stereocenters. The Morgan fingerprint density at radius 1 is 1.33 bits per heavy atom. The van der Waals surface area contributed by atoms with E-state index in [0.29, 0.717) is 5.92 Å². The van der Waals surface area contributed by atoms with Gasteiger partial charge in [0.25, 0.3) is 0 Å². The van der Waals surface area contributed by atoms with Crippen LogP contribution in [0.25, 0.3) is 11.4 Å². The maximum atomic E-state index is 5.87. The average molecular weight is 242 g/mol. The van der Waals surface area contributed by atoms with E-state index in [9.17, 15) is 0 Å². The number of anilines is 1. The van der Waals surface area contributed by atoms with Crippen molar-refractivity contribution in [2.45, 2.75) is 33.2 Å². The lowest BCUT2D eigenvalue weighted by molar-refractivity contribution is 0.568. The lowest BCUT2D eigenvalue weighted by Gasteiger charge is -2.19. The molecule has 3 rings (SSSR count). The summed E-state index contributed by atoms with van der Waals surface area (Å²) in [5.41, 5.74) is 9.12.